The lowest BCUT2D eigenvalue weighted by Crippen LogP contribution is -2.47. The van der Waals surface area contributed by atoms with Crippen LogP contribution in [0.4, 0.5) is 10.6 Å². The summed E-state index contributed by atoms with van der Waals surface area (Å²) in [6.07, 6.45) is 3.85. The molecule has 0 atom stereocenters. The molecule has 10 heteroatoms. The number of hydrogen-bond acceptors (Lipinski definition) is 6. The number of aromatic amines is 1. The number of anilines is 1. The largest absolute Gasteiger partial charge is 0.378 e. The summed E-state index contributed by atoms with van der Waals surface area (Å²) in [6, 6.07) is 12.8. The SMILES string of the molecule is CCNC(=O)NC1CCN(Cc2cc3nc(-c4cccc5[nH]ccc45)cc(N4CCOCC4)n3n2)CC1. The smallest absolute Gasteiger partial charge is 0.314 e. The van der Waals surface area contributed by atoms with Crippen LogP contribution in [0.2, 0.25) is 0 Å². The number of morpholine rings is 1. The van der Waals surface area contributed by atoms with Gasteiger partial charge in [0.2, 0.25) is 0 Å². The minimum atomic E-state index is -0.0749. The Morgan fingerprint density at radius 3 is 2.78 bits per heavy atom. The lowest BCUT2D eigenvalue weighted by molar-refractivity contribution is 0.122. The molecule has 2 saturated heterocycles. The summed E-state index contributed by atoms with van der Waals surface area (Å²) in [5, 5.41) is 12.1. The number of H-pyrrole nitrogens is 1. The molecule has 0 spiro atoms. The van der Waals surface area contributed by atoms with Gasteiger partial charge in [-0.15, -0.1) is 0 Å². The van der Waals surface area contributed by atoms with Crippen molar-refractivity contribution in [3.05, 3.63) is 48.3 Å². The zero-order chi connectivity index (χ0) is 25.2. The normalized spacial score (nSPS) is 17.5. The molecule has 0 unspecified atom stereocenters. The van der Waals surface area contributed by atoms with Crippen LogP contribution in [0.5, 0.6) is 0 Å². The molecule has 0 aliphatic carbocycles. The Hall–Kier alpha value is -3.63. The van der Waals surface area contributed by atoms with Gasteiger partial charge in [0.05, 0.1) is 24.6 Å². The molecule has 6 rings (SSSR count). The molecule has 3 N–H and O–H groups in total. The highest BCUT2D eigenvalue weighted by Crippen LogP contribution is 2.31. The highest BCUT2D eigenvalue weighted by atomic mass is 16.5. The molecule has 0 bridgehead atoms. The quantitative estimate of drug-likeness (QED) is 0.375. The Morgan fingerprint density at radius 2 is 1.97 bits per heavy atom. The van der Waals surface area contributed by atoms with E-state index in [-0.39, 0.29) is 12.1 Å². The second kappa shape index (κ2) is 10.4. The number of likely N-dealkylation sites (tertiary alicyclic amines) is 1. The fourth-order valence-corrected chi connectivity index (χ4v) is 5.41. The van der Waals surface area contributed by atoms with E-state index in [0.717, 1.165) is 84.9 Å². The van der Waals surface area contributed by atoms with Gasteiger partial charge in [0.15, 0.2) is 5.65 Å². The predicted octanol–water partition coefficient (Wildman–Crippen LogP) is 3.00. The van der Waals surface area contributed by atoms with Gasteiger partial charge in [-0.3, -0.25) is 4.90 Å². The molecule has 2 aliphatic heterocycles. The molecule has 2 amide bonds. The topological polar surface area (TPSA) is 103 Å². The number of piperidine rings is 1. The van der Waals surface area contributed by atoms with Crippen LogP contribution < -0.4 is 15.5 Å². The number of amides is 2. The summed E-state index contributed by atoms with van der Waals surface area (Å²) in [6.45, 7) is 8.26. The van der Waals surface area contributed by atoms with Gasteiger partial charge in [-0.2, -0.15) is 9.61 Å². The van der Waals surface area contributed by atoms with Gasteiger partial charge in [-0.1, -0.05) is 12.1 Å². The molecule has 37 heavy (non-hydrogen) atoms. The third-order valence-corrected chi connectivity index (χ3v) is 7.31. The molecular weight excluding hydrogens is 468 g/mol. The summed E-state index contributed by atoms with van der Waals surface area (Å²) >= 11 is 0. The zero-order valence-electron chi connectivity index (χ0n) is 21.2. The number of nitrogens with one attached hydrogen (secondary N) is 3. The first kappa shape index (κ1) is 23.7. The third-order valence-electron chi connectivity index (χ3n) is 7.31. The van der Waals surface area contributed by atoms with Crippen molar-refractivity contribution in [3.8, 4) is 11.3 Å². The Labute approximate surface area is 216 Å². The van der Waals surface area contributed by atoms with Crippen LogP contribution in [-0.4, -0.2) is 82.5 Å². The Morgan fingerprint density at radius 1 is 1.14 bits per heavy atom. The van der Waals surface area contributed by atoms with E-state index in [9.17, 15) is 4.79 Å². The van der Waals surface area contributed by atoms with Gasteiger partial charge >= 0.3 is 6.03 Å². The number of fused-ring (bicyclic) bond motifs is 2. The first-order chi connectivity index (χ1) is 18.2. The first-order valence-corrected chi connectivity index (χ1v) is 13.2. The number of benzene rings is 1. The van der Waals surface area contributed by atoms with E-state index in [2.05, 4.69) is 61.8 Å². The van der Waals surface area contributed by atoms with Gasteiger partial charge in [-0.25, -0.2) is 9.78 Å². The van der Waals surface area contributed by atoms with Gasteiger partial charge in [-0.05, 0) is 31.9 Å². The standard InChI is InChI=1S/C27H34N8O2/c1-2-28-27(36)30-19-7-10-33(11-8-19)18-20-16-25-31-24(21-4-3-5-23-22(21)6-9-29-23)17-26(35(25)32-20)34-12-14-37-15-13-34/h3-6,9,16-17,19,29H,2,7-8,10-15,18H2,1H3,(H2,28,30,36). The zero-order valence-corrected chi connectivity index (χ0v) is 21.2. The molecule has 3 aromatic heterocycles. The number of carbonyl (C=O) groups excluding carboxylic acids is 1. The van der Waals surface area contributed by atoms with Crippen LogP contribution in [-0.2, 0) is 11.3 Å². The third kappa shape index (κ3) is 4.99. The maximum absolute atomic E-state index is 11.9. The number of rotatable bonds is 6. The van der Waals surface area contributed by atoms with Crippen molar-refractivity contribution in [1.29, 1.82) is 0 Å². The van der Waals surface area contributed by atoms with Gasteiger partial charge in [0.25, 0.3) is 0 Å². The van der Waals surface area contributed by atoms with Crippen molar-refractivity contribution >= 4 is 28.4 Å². The molecule has 2 aliphatic rings. The predicted molar refractivity (Wildman–Crippen MR) is 144 cm³/mol. The highest BCUT2D eigenvalue weighted by Gasteiger charge is 2.23. The van der Waals surface area contributed by atoms with Crippen LogP contribution >= 0.6 is 0 Å². The number of ether oxygens (including phenoxy) is 1. The average Bonchev–Trinajstić information content (AvgIpc) is 3.56. The number of aromatic nitrogens is 4. The summed E-state index contributed by atoms with van der Waals surface area (Å²) in [5.74, 6) is 1.05. The van der Waals surface area contributed by atoms with Crippen molar-refractivity contribution in [2.24, 2.45) is 0 Å². The van der Waals surface area contributed by atoms with Crippen LogP contribution in [0.1, 0.15) is 25.5 Å². The van der Waals surface area contributed by atoms with Crippen molar-refractivity contribution in [2.75, 3.05) is 50.8 Å². The molecular formula is C27H34N8O2. The second-order valence-electron chi connectivity index (χ2n) is 9.80. The van der Waals surface area contributed by atoms with Crippen LogP contribution in [0.25, 0.3) is 27.8 Å². The Bertz CT molecular complexity index is 1380. The number of nitrogens with zero attached hydrogens (tertiary/aromatic N) is 5. The van der Waals surface area contributed by atoms with Crippen LogP contribution in [0.15, 0.2) is 42.6 Å². The summed E-state index contributed by atoms with van der Waals surface area (Å²) in [5.41, 5.74) is 5.03. The molecule has 4 aromatic rings. The second-order valence-corrected chi connectivity index (χ2v) is 9.80. The van der Waals surface area contributed by atoms with E-state index in [1.807, 2.05) is 17.6 Å². The molecule has 5 heterocycles. The van der Waals surface area contributed by atoms with E-state index in [1.165, 1.54) is 0 Å². The number of hydrogen-bond donors (Lipinski definition) is 3. The van der Waals surface area contributed by atoms with Crippen LogP contribution in [0.3, 0.4) is 0 Å². The Balaban J connectivity index is 1.27. The van der Waals surface area contributed by atoms with E-state index in [0.29, 0.717) is 19.8 Å². The summed E-state index contributed by atoms with van der Waals surface area (Å²) < 4.78 is 7.61. The fraction of sp³-hybridized carbons (Fsp3) is 0.444. The number of carbonyl (C=O) groups is 1. The fourth-order valence-electron chi connectivity index (χ4n) is 5.41. The van der Waals surface area contributed by atoms with E-state index in [1.54, 1.807) is 0 Å². The molecule has 1 aromatic carbocycles. The lowest BCUT2D eigenvalue weighted by Gasteiger charge is -2.31. The first-order valence-electron chi connectivity index (χ1n) is 13.2. The molecule has 0 saturated carbocycles. The van der Waals surface area contributed by atoms with Gasteiger partial charge in [0, 0.05) is 80.1 Å². The van der Waals surface area contributed by atoms with E-state index in [4.69, 9.17) is 14.8 Å². The van der Waals surface area contributed by atoms with Gasteiger partial charge < -0.3 is 25.3 Å². The van der Waals surface area contributed by atoms with E-state index >= 15 is 0 Å². The summed E-state index contributed by atoms with van der Waals surface area (Å²) in [7, 11) is 0. The monoisotopic (exact) mass is 502 g/mol. The average molecular weight is 503 g/mol. The van der Waals surface area contributed by atoms with Crippen molar-refractivity contribution in [3.63, 3.8) is 0 Å². The highest BCUT2D eigenvalue weighted by molar-refractivity contribution is 5.94. The maximum atomic E-state index is 11.9. The number of urea groups is 1. The van der Waals surface area contributed by atoms with Crippen molar-refractivity contribution < 1.29 is 9.53 Å². The van der Waals surface area contributed by atoms with Gasteiger partial charge in [0.1, 0.15) is 5.82 Å². The van der Waals surface area contributed by atoms with Crippen LogP contribution in [0, 0.1) is 0 Å². The maximum Gasteiger partial charge on any atom is 0.314 e. The molecule has 194 valence electrons. The Kier molecular flexibility index (Phi) is 6.67. The molecule has 10 nitrogen and oxygen atoms in total. The summed E-state index contributed by atoms with van der Waals surface area (Å²) in [4.78, 5) is 25.0. The van der Waals surface area contributed by atoms with E-state index < -0.39 is 0 Å². The molecule has 0 radical (unpaired) electrons. The van der Waals surface area contributed by atoms with Crippen molar-refractivity contribution in [1.82, 2.24) is 35.1 Å². The minimum Gasteiger partial charge on any atom is -0.378 e. The lowest BCUT2D eigenvalue weighted by atomic mass is 10.1. The van der Waals surface area contributed by atoms with Crippen molar-refractivity contribution in [2.45, 2.75) is 32.4 Å². The minimum absolute atomic E-state index is 0.0749. The molecule has 2 fully saturated rings.